The minimum absolute atomic E-state index is 0.0908. The first-order valence-electron chi connectivity index (χ1n) is 9.16. The van der Waals surface area contributed by atoms with Gasteiger partial charge in [-0.1, -0.05) is 29.3 Å². The van der Waals surface area contributed by atoms with Crippen molar-refractivity contribution in [2.75, 3.05) is 6.61 Å². The predicted molar refractivity (Wildman–Crippen MR) is 112 cm³/mol. The standard InChI is InChI=1S/C21H14Cl2F4N4O2/c1-20(9-28,10-33-13-7-5-12(24)6-8-13)30-19(32)16-18(21(25,26)27)31(11-29-16)17-14(22)3-2-4-15(17)23/h2-8,11H,10H2,1H3,(H,30,32). The third-order valence-electron chi connectivity index (χ3n) is 4.41. The molecule has 33 heavy (non-hydrogen) atoms. The summed E-state index contributed by atoms with van der Waals surface area (Å²) in [7, 11) is 0. The number of benzene rings is 2. The Morgan fingerprint density at radius 2 is 1.79 bits per heavy atom. The van der Waals surface area contributed by atoms with Crippen LogP contribution >= 0.6 is 23.2 Å². The number of carbonyl (C=O) groups is 1. The summed E-state index contributed by atoms with van der Waals surface area (Å²) in [4.78, 5) is 16.4. The van der Waals surface area contributed by atoms with Crippen molar-refractivity contribution in [3.05, 3.63) is 76.0 Å². The van der Waals surface area contributed by atoms with Gasteiger partial charge in [0.25, 0.3) is 5.91 Å². The zero-order chi connectivity index (χ0) is 24.4. The molecule has 1 heterocycles. The number of nitriles is 1. The van der Waals surface area contributed by atoms with Gasteiger partial charge in [0.05, 0.1) is 21.8 Å². The zero-order valence-corrected chi connectivity index (χ0v) is 18.3. The smallest absolute Gasteiger partial charge is 0.434 e. The highest BCUT2D eigenvalue weighted by atomic mass is 35.5. The summed E-state index contributed by atoms with van der Waals surface area (Å²) in [5.41, 5.74) is -4.35. The van der Waals surface area contributed by atoms with E-state index in [2.05, 4.69) is 10.3 Å². The van der Waals surface area contributed by atoms with Crippen LogP contribution in [0.4, 0.5) is 17.6 Å². The van der Waals surface area contributed by atoms with E-state index in [1.165, 1.54) is 37.3 Å². The van der Waals surface area contributed by atoms with Gasteiger partial charge in [0.15, 0.2) is 16.9 Å². The van der Waals surface area contributed by atoms with Gasteiger partial charge in [-0.25, -0.2) is 9.37 Å². The van der Waals surface area contributed by atoms with Gasteiger partial charge in [0, 0.05) is 0 Å². The lowest BCUT2D eigenvalue weighted by atomic mass is 10.1. The second-order valence-electron chi connectivity index (χ2n) is 7.02. The number of nitrogens with one attached hydrogen (secondary N) is 1. The molecule has 12 heteroatoms. The highest BCUT2D eigenvalue weighted by Crippen LogP contribution is 2.37. The Balaban J connectivity index is 1.92. The van der Waals surface area contributed by atoms with Crippen LogP contribution in [0.3, 0.4) is 0 Å². The van der Waals surface area contributed by atoms with Gasteiger partial charge >= 0.3 is 6.18 Å². The van der Waals surface area contributed by atoms with Crippen molar-refractivity contribution < 1.29 is 27.1 Å². The number of hydrogen-bond donors (Lipinski definition) is 1. The van der Waals surface area contributed by atoms with Crippen molar-refractivity contribution in [3.63, 3.8) is 0 Å². The zero-order valence-electron chi connectivity index (χ0n) is 16.8. The van der Waals surface area contributed by atoms with Crippen LogP contribution in [0.2, 0.25) is 10.0 Å². The molecule has 0 saturated carbocycles. The average Bonchev–Trinajstić information content (AvgIpc) is 3.19. The SMILES string of the molecule is CC(C#N)(COc1ccc(F)cc1)NC(=O)c1ncn(-c2c(Cl)cccc2Cl)c1C(F)(F)F. The normalized spacial score (nSPS) is 13.2. The van der Waals surface area contributed by atoms with E-state index in [1.807, 2.05) is 0 Å². The number of rotatable bonds is 6. The van der Waals surface area contributed by atoms with Crippen LogP contribution in [0.25, 0.3) is 5.69 Å². The van der Waals surface area contributed by atoms with E-state index in [4.69, 9.17) is 27.9 Å². The number of imidazole rings is 1. The minimum Gasteiger partial charge on any atom is -0.490 e. The maximum atomic E-state index is 13.9. The monoisotopic (exact) mass is 500 g/mol. The molecule has 0 fully saturated rings. The first kappa shape index (κ1) is 24.4. The number of carbonyl (C=O) groups excluding carboxylic acids is 1. The number of amides is 1. The summed E-state index contributed by atoms with van der Waals surface area (Å²) in [6.45, 7) is 0.822. The Labute approximate surface area is 195 Å². The molecule has 3 aromatic rings. The van der Waals surface area contributed by atoms with Crippen molar-refractivity contribution in [2.45, 2.75) is 18.6 Å². The molecule has 0 radical (unpaired) electrons. The molecule has 0 aliphatic carbocycles. The maximum Gasteiger partial charge on any atom is 0.434 e. The van der Waals surface area contributed by atoms with Gasteiger partial charge in [0.1, 0.15) is 24.5 Å². The minimum atomic E-state index is -5.01. The number of ether oxygens (including phenoxy) is 1. The van der Waals surface area contributed by atoms with Crippen molar-refractivity contribution in [3.8, 4) is 17.5 Å². The first-order chi connectivity index (χ1) is 15.4. The molecule has 0 aliphatic rings. The predicted octanol–water partition coefficient (Wildman–Crippen LogP) is 5.43. The Morgan fingerprint density at radius 1 is 1.18 bits per heavy atom. The van der Waals surface area contributed by atoms with E-state index in [0.29, 0.717) is 4.57 Å². The van der Waals surface area contributed by atoms with E-state index in [-0.39, 0.29) is 21.5 Å². The fourth-order valence-corrected chi connectivity index (χ4v) is 3.42. The summed E-state index contributed by atoms with van der Waals surface area (Å²) in [5.74, 6) is -1.58. The molecule has 1 amide bonds. The first-order valence-corrected chi connectivity index (χ1v) is 9.92. The maximum absolute atomic E-state index is 13.9. The largest absolute Gasteiger partial charge is 0.490 e. The van der Waals surface area contributed by atoms with Crippen LogP contribution in [0.1, 0.15) is 23.1 Å². The number of nitrogens with zero attached hydrogens (tertiary/aromatic N) is 3. The van der Waals surface area contributed by atoms with Gasteiger partial charge in [-0.3, -0.25) is 9.36 Å². The van der Waals surface area contributed by atoms with Crippen LogP contribution in [-0.4, -0.2) is 27.6 Å². The molecule has 1 aromatic heterocycles. The molecular formula is C21H14Cl2F4N4O2. The lowest BCUT2D eigenvalue weighted by molar-refractivity contribution is -0.142. The van der Waals surface area contributed by atoms with E-state index < -0.39 is 41.4 Å². The van der Waals surface area contributed by atoms with Gasteiger partial charge < -0.3 is 10.1 Å². The van der Waals surface area contributed by atoms with Gasteiger partial charge in [0.2, 0.25) is 0 Å². The van der Waals surface area contributed by atoms with Crippen LogP contribution in [0.15, 0.2) is 48.8 Å². The van der Waals surface area contributed by atoms with Gasteiger partial charge in [-0.05, 0) is 43.3 Å². The number of aromatic nitrogens is 2. The summed E-state index contributed by atoms with van der Waals surface area (Å²) in [6, 6.07) is 10.8. The Hall–Kier alpha value is -3.29. The van der Waals surface area contributed by atoms with Crippen LogP contribution < -0.4 is 10.1 Å². The van der Waals surface area contributed by atoms with Gasteiger partial charge in [-0.2, -0.15) is 18.4 Å². The number of halogens is 6. The van der Waals surface area contributed by atoms with Gasteiger partial charge in [-0.15, -0.1) is 0 Å². The number of para-hydroxylation sites is 1. The second kappa shape index (κ2) is 9.29. The molecule has 3 rings (SSSR count). The molecule has 6 nitrogen and oxygen atoms in total. The topological polar surface area (TPSA) is 79.9 Å². The fourth-order valence-electron chi connectivity index (χ4n) is 2.84. The molecule has 0 aliphatic heterocycles. The Bertz CT molecular complexity index is 1200. The van der Waals surface area contributed by atoms with Crippen molar-refractivity contribution in [1.29, 1.82) is 5.26 Å². The van der Waals surface area contributed by atoms with E-state index in [0.717, 1.165) is 18.5 Å². The molecule has 0 spiro atoms. The quantitative estimate of drug-likeness (QED) is 0.457. The number of alkyl halides is 3. The van der Waals surface area contributed by atoms with Crippen molar-refractivity contribution in [1.82, 2.24) is 14.9 Å². The fraction of sp³-hybridized carbons (Fsp3) is 0.190. The molecule has 1 atom stereocenters. The summed E-state index contributed by atoms with van der Waals surface area (Å²) in [6.07, 6.45) is -4.25. The molecule has 0 bridgehead atoms. The summed E-state index contributed by atoms with van der Waals surface area (Å²) >= 11 is 12.1. The van der Waals surface area contributed by atoms with E-state index in [1.54, 1.807) is 6.07 Å². The molecule has 172 valence electrons. The molecular weight excluding hydrogens is 487 g/mol. The lowest BCUT2D eigenvalue weighted by Crippen LogP contribution is -2.49. The average molecular weight is 501 g/mol. The molecule has 0 saturated heterocycles. The van der Waals surface area contributed by atoms with Crippen molar-refractivity contribution in [2.24, 2.45) is 0 Å². The Morgan fingerprint density at radius 3 is 2.33 bits per heavy atom. The molecule has 1 N–H and O–H groups in total. The van der Waals surface area contributed by atoms with Crippen LogP contribution in [0, 0.1) is 17.1 Å². The highest BCUT2D eigenvalue weighted by Gasteiger charge is 2.42. The highest BCUT2D eigenvalue weighted by molar-refractivity contribution is 6.37. The van der Waals surface area contributed by atoms with E-state index in [9.17, 15) is 27.6 Å². The summed E-state index contributed by atoms with van der Waals surface area (Å²) in [5, 5.41) is 11.5. The van der Waals surface area contributed by atoms with Crippen molar-refractivity contribution >= 4 is 29.1 Å². The third-order valence-corrected chi connectivity index (χ3v) is 5.02. The van der Waals surface area contributed by atoms with Crippen LogP contribution in [0.5, 0.6) is 5.75 Å². The Kier molecular flexibility index (Phi) is 6.86. The number of hydrogen-bond acceptors (Lipinski definition) is 4. The molecule has 1 unspecified atom stereocenters. The second-order valence-corrected chi connectivity index (χ2v) is 7.83. The molecule has 2 aromatic carbocycles. The third kappa shape index (κ3) is 5.38. The van der Waals surface area contributed by atoms with Crippen LogP contribution in [-0.2, 0) is 6.18 Å². The van der Waals surface area contributed by atoms with E-state index >= 15 is 0 Å². The lowest BCUT2D eigenvalue weighted by Gasteiger charge is -2.23. The summed E-state index contributed by atoms with van der Waals surface area (Å²) < 4.78 is 60.7.